The van der Waals surface area contributed by atoms with Gasteiger partial charge in [0, 0.05) is 12.1 Å². The van der Waals surface area contributed by atoms with Crippen molar-refractivity contribution in [3.8, 4) is 5.75 Å². The standard InChI is InChI=1S/C23H27ClN2O5/c1-5-30-17-10-8-15(13-16(17)24)21(27)19-20(18-9-7-14(2)31-18)26(23(29)22(19)28)12-6-11-25(3)4/h7-10,13,20,27H,5-6,11-12H2,1-4H3/b21-19+/t20-/m0/s1. The lowest BCUT2D eigenvalue weighted by atomic mass is 9.99. The van der Waals surface area contributed by atoms with E-state index in [4.69, 9.17) is 20.8 Å². The van der Waals surface area contributed by atoms with Crippen molar-refractivity contribution in [2.75, 3.05) is 33.8 Å². The molecule has 1 N–H and O–H groups in total. The highest BCUT2D eigenvalue weighted by Gasteiger charge is 2.47. The minimum absolute atomic E-state index is 0.00979. The van der Waals surface area contributed by atoms with Gasteiger partial charge in [-0.3, -0.25) is 9.59 Å². The number of Topliss-reactive ketones (excluding diaryl/α,β-unsaturated/α-hetero) is 1. The number of ether oxygens (including phenoxy) is 1. The number of ketones is 1. The highest BCUT2D eigenvalue weighted by molar-refractivity contribution is 6.46. The Balaban J connectivity index is 2.06. The number of aliphatic hydroxyl groups is 1. The van der Waals surface area contributed by atoms with Gasteiger partial charge in [0.1, 0.15) is 29.1 Å². The Labute approximate surface area is 186 Å². The molecule has 1 aromatic heterocycles. The van der Waals surface area contributed by atoms with Crippen molar-refractivity contribution in [1.29, 1.82) is 0 Å². The summed E-state index contributed by atoms with van der Waals surface area (Å²) in [6.45, 7) is 5.18. The number of amides is 1. The minimum Gasteiger partial charge on any atom is -0.507 e. The van der Waals surface area contributed by atoms with Gasteiger partial charge in [0.25, 0.3) is 11.7 Å². The van der Waals surface area contributed by atoms with Crippen LogP contribution in [0.3, 0.4) is 0 Å². The molecule has 166 valence electrons. The van der Waals surface area contributed by atoms with E-state index < -0.39 is 17.7 Å². The van der Waals surface area contributed by atoms with Crippen LogP contribution in [0.5, 0.6) is 5.75 Å². The van der Waals surface area contributed by atoms with Crippen LogP contribution in [-0.4, -0.2) is 60.4 Å². The van der Waals surface area contributed by atoms with Gasteiger partial charge in [0.2, 0.25) is 0 Å². The Morgan fingerprint density at radius 3 is 2.58 bits per heavy atom. The maximum absolute atomic E-state index is 13.0. The molecule has 0 spiro atoms. The summed E-state index contributed by atoms with van der Waals surface area (Å²) in [6, 6.07) is 7.44. The van der Waals surface area contributed by atoms with Crippen LogP contribution >= 0.6 is 11.6 Å². The van der Waals surface area contributed by atoms with Gasteiger partial charge in [-0.2, -0.15) is 0 Å². The summed E-state index contributed by atoms with van der Waals surface area (Å²) in [6.07, 6.45) is 0.672. The molecule has 2 heterocycles. The summed E-state index contributed by atoms with van der Waals surface area (Å²) >= 11 is 6.26. The van der Waals surface area contributed by atoms with Crippen LogP contribution in [0.4, 0.5) is 0 Å². The number of carbonyl (C=O) groups excluding carboxylic acids is 2. The molecular weight excluding hydrogens is 420 g/mol. The van der Waals surface area contributed by atoms with E-state index in [0.29, 0.717) is 47.4 Å². The van der Waals surface area contributed by atoms with E-state index in [0.717, 1.165) is 6.54 Å². The molecule has 8 heteroatoms. The lowest BCUT2D eigenvalue weighted by molar-refractivity contribution is -0.140. The third kappa shape index (κ3) is 4.78. The van der Waals surface area contributed by atoms with Gasteiger partial charge < -0.3 is 24.1 Å². The van der Waals surface area contributed by atoms with Crippen molar-refractivity contribution < 1.29 is 23.8 Å². The van der Waals surface area contributed by atoms with Crippen LogP contribution in [0.2, 0.25) is 5.02 Å². The quantitative estimate of drug-likeness (QED) is 0.374. The van der Waals surface area contributed by atoms with E-state index in [1.807, 2.05) is 25.9 Å². The molecule has 7 nitrogen and oxygen atoms in total. The van der Waals surface area contributed by atoms with Crippen LogP contribution in [0, 0.1) is 6.92 Å². The fourth-order valence-electron chi connectivity index (χ4n) is 3.64. The molecule has 0 unspecified atom stereocenters. The zero-order valence-electron chi connectivity index (χ0n) is 18.1. The van der Waals surface area contributed by atoms with Crippen molar-refractivity contribution in [3.63, 3.8) is 0 Å². The highest BCUT2D eigenvalue weighted by Crippen LogP contribution is 2.40. The molecule has 0 radical (unpaired) electrons. The van der Waals surface area contributed by atoms with Gasteiger partial charge in [-0.1, -0.05) is 11.6 Å². The zero-order valence-corrected chi connectivity index (χ0v) is 18.9. The molecule has 0 aliphatic carbocycles. The van der Waals surface area contributed by atoms with Gasteiger partial charge >= 0.3 is 0 Å². The van der Waals surface area contributed by atoms with Crippen LogP contribution in [0.1, 0.15) is 36.5 Å². The Morgan fingerprint density at radius 1 is 1.26 bits per heavy atom. The largest absolute Gasteiger partial charge is 0.507 e. The number of furan rings is 1. The summed E-state index contributed by atoms with van der Waals surface area (Å²) < 4.78 is 11.2. The lowest BCUT2D eigenvalue weighted by Crippen LogP contribution is -2.32. The fourth-order valence-corrected chi connectivity index (χ4v) is 3.88. The van der Waals surface area contributed by atoms with Gasteiger partial charge in [0.15, 0.2) is 0 Å². The Kier molecular flexibility index (Phi) is 7.08. The van der Waals surface area contributed by atoms with E-state index in [1.165, 1.54) is 11.0 Å². The number of aliphatic hydroxyl groups excluding tert-OH is 1. The first-order chi connectivity index (χ1) is 14.7. The van der Waals surface area contributed by atoms with Crippen molar-refractivity contribution in [2.24, 2.45) is 0 Å². The second-order valence-corrected chi connectivity index (χ2v) is 8.08. The predicted molar refractivity (Wildman–Crippen MR) is 118 cm³/mol. The molecule has 3 rings (SSSR count). The molecule has 2 aromatic rings. The normalized spacial score (nSPS) is 18.3. The second-order valence-electron chi connectivity index (χ2n) is 7.68. The van der Waals surface area contributed by atoms with Crippen molar-refractivity contribution in [1.82, 2.24) is 9.80 Å². The molecule has 1 aromatic carbocycles. The van der Waals surface area contributed by atoms with Gasteiger partial charge in [-0.05, 0) is 71.2 Å². The smallest absolute Gasteiger partial charge is 0.295 e. The summed E-state index contributed by atoms with van der Waals surface area (Å²) in [5, 5.41) is 11.4. The van der Waals surface area contributed by atoms with E-state index in [1.54, 1.807) is 31.2 Å². The average Bonchev–Trinajstić information content (AvgIpc) is 3.25. The average molecular weight is 447 g/mol. The number of aryl methyl sites for hydroxylation is 1. The number of hydrogen-bond acceptors (Lipinski definition) is 6. The van der Waals surface area contributed by atoms with Crippen LogP contribution in [-0.2, 0) is 9.59 Å². The summed E-state index contributed by atoms with van der Waals surface area (Å²) in [4.78, 5) is 29.3. The maximum Gasteiger partial charge on any atom is 0.295 e. The molecule has 0 bridgehead atoms. The summed E-state index contributed by atoms with van der Waals surface area (Å²) in [7, 11) is 3.88. The van der Waals surface area contributed by atoms with Crippen LogP contribution in [0.15, 0.2) is 40.3 Å². The van der Waals surface area contributed by atoms with Crippen LogP contribution < -0.4 is 4.74 Å². The van der Waals surface area contributed by atoms with Gasteiger partial charge in [-0.15, -0.1) is 0 Å². The number of benzene rings is 1. The number of halogens is 1. The van der Waals surface area contributed by atoms with Crippen LogP contribution in [0.25, 0.3) is 5.76 Å². The van der Waals surface area contributed by atoms with Gasteiger partial charge in [0.05, 0.1) is 17.2 Å². The number of likely N-dealkylation sites (tertiary alicyclic amines) is 1. The maximum atomic E-state index is 13.0. The molecule has 1 aliphatic heterocycles. The molecule has 1 aliphatic rings. The molecule has 0 saturated carbocycles. The minimum atomic E-state index is -0.804. The first kappa shape index (κ1) is 22.9. The van der Waals surface area contributed by atoms with Crippen molar-refractivity contribution >= 4 is 29.1 Å². The summed E-state index contributed by atoms with van der Waals surface area (Å²) in [5.41, 5.74) is 0.317. The van der Waals surface area contributed by atoms with E-state index >= 15 is 0 Å². The number of nitrogens with zero attached hydrogens (tertiary/aromatic N) is 2. The topological polar surface area (TPSA) is 83.2 Å². The Morgan fingerprint density at radius 2 is 2.00 bits per heavy atom. The zero-order chi connectivity index (χ0) is 22.7. The first-order valence-corrected chi connectivity index (χ1v) is 10.5. The van der Waals surface area contributed by atoms with E-state index in [2.05, 4.69) is 0 Å². The van der Waals surface area contributed by atoms with Crippen molar-refractivity contribution in [2.45, 2.75) is 26.3 Å². The SMILES string of the molecule is CCOc1ccc(/C(O)=C2\C(=O)C(=O)N(CCCN(C)C)[C@H]2c2ccc(C)o2)cc1Cl. The Bertz CT molecular complexity index is 1010. The molecule has 1 amide bonds. The molecule has 1 saturated heterocycles. The van der Waals surface area contributed by atoms with Crippen molar-refractivity contribution in [3.05, 3.63) is 58.0 Å². The van der Waals surface area contributed by atoms with E-state index in [-0.39, 0.29) is 11.3 Å². The molecule has 31 heavy (non-hydrogen) atoms. The van der Waals surface area contributed by atoms with Gasteiger partial charge in [-0.25, -0.2) is 0 Å². The highest BCUT2D eigenvalue weighted by atomic mass is 35.5. The second kappa shape index (κ2) is 9.58. The molecule has 1 atom stereocenters. The fraction of sp³-hybridized carbons (Fsp3) is 0.391. The monoisotopic (exact) mass is 446 g/mol. The third-order valence-electron chi connectivity index (χ3n) is 5.08. The predicted octanol–water partition coefficient (Wildman–Crippen LogP) is 4.01. The molecular formula is C23H27ClN2O5. The lowest BCUT2D eigenvalue weighted by Gasteiger charge is -2.24. The molecule has 1 fully saturated rings. The van der Waals surface area contributed by atoms with E-state index in [9.17, 15) is 14.7 Å². The first-order valence-electron chi connectivity index (χ1n) is 10.2. The summed E-state index contributed by atoms with van der Waals surface area (Å²) in [5.74, 6) is -0.138. The number of hydrogen-bond donors (Lipinski definition) is 1. The number of rotatable bonds is 8. The Hall–Kier alpha value is -2.77. The third-order valence-corrected chi connectivity index (χ3v) is 5.38. The number of carbonyl (C=O) groups is 2.